The normalized spacial score (nSPS) is 20.6. The van der Waals surface area contributed by atoms with Crippen molar-refractivity contribution in [1.82, 2.24) is 16.0 Å². The standard InChI is InChI=1S/C15H27N3O2/c19-14(17-12-6-2-1-3-7-12)10-11-16-15(20)18-13-8-4-5-9-13/h12-13H,1-11H2,(H,17,19)(H2,16,18,20). The maximum Gasteiger partial charge on any atom is 0.315 e. The first-order valence-corrected chi connectivity index (χ1v) is 8.08. The summed E-state index contributed by atoms with van der Waals surface area (Å²) < 4.78 is 0. The summed E-state index contributed by atoms with van der Waals surface area (Å²) in [4.78, 5) is 23.4. The fourth-order valence-electron chi connectivity index (χ4n) is 3.14. The molecule has 114 valence electrons. The van der Waals surface area contributed by atoms with Crippen molar-refractivity contribution in [2.45, 2.75) is 76.3 Å². The van der Waals surface area contributed by atoms with Crippen LogP contribution < -0.4 is 16.0 Å². The van der Waals surface area contributed by atoms with Gasteiger partial charge >= 0.3 is 6.03 Å². The van der Waals surface area contributed by atoms with Crippen LogP contribution in [0.1, 0.15) is 64.2 Å². The van der Waals surface area contributed by atoms with E-state index in [0.717, 1.165) is 25.7 Å². The number of urea groups is 1. The molecule has 0 aromatic rings. The van der Waals surface area contributed by atoms with Gasteiger partial charge in [-0.05, 0) is 25.7 Å². The summed E-state index contributed by atoms with van der Waals surface area (Å²) in [7, 11) is 0. The van der Waals surface area contributed by atoms with E-state index in [1.807, 2.05) is 0 Å². The summed E-state index contributed by atoms with van der Waals surface area (Å²) in [6, 6.07) is 0.539. The largest absolute Gasteiger partial charge is 0.353 e. The summed E-state index contributed by atoms with van der Waals surface area (Å²) >= 11 is 0. The predicted molar refractivity (Wildman–Crippen MR) is 78.4 cm³/mol. The number of carbonyl (C=O) groups excluding carboxylic acids is 2. The van der Waals surface area contributed by atoms with Gasteiger partial charge in [-0.2, -0.15) is 0 Å². The van der Waals surface area contributed by atoms with Gasteiger partial charge in [0.2, 0.25) is 5.91 Å². The van der Waals surface area contributed by atoms with E-state index in [9.17, 15) is 9.59 Å². The molecule has 5 nitrogen and oxygen atoms in total. The fraction of sp³-hybridized carbons (Fsp3) is 0.867. The Morgan fingerprint density at radius 3 is 2.00 bits per heavy atom. The zero-order valence-corrected chi connectivity index (χ0v) is 12.2. The predicted octanol–water partition coefficient (Wildman–Crippen LogP) is 2.07. The molecule has 2 aliphatic rings. The molecule has 0 spiro atoms. The number of hydrogen-bond acceptors (Lipinski definition) is 2. The molecular weight excluding hydrogens is 254 g/mol. The van der Waals surface area contributed by atoms with Crippen molar-refractivity contribution >= 4 is 11.9 Å². The molecule has 3 amide bonds. The van der Waals surface area contributed by atoms with Gasteiger partial charge in [-0.1, -0.05) is 32.1 Å². The third-order valence-electron chi connectivity index (χ3n) is 4.30. The summed E-state index contributed by atoms with van der Waals surface area (Å²) in [5, 5.41) is 8.77. The van der Waals surface area contributed by atoms with Gasteiger partial charge in [0.25, 0.3) is 0 Å². The molecule has 2 rings (SSSR count). The monoisotopic (exact) mass is 281 g/mol. The van der Waals surface area contributed by atoms with Gasteiger partial charge in [-0.25, -0.2) is 4.79 Å². The first kappa shape index (κ1) is 15.1. The molecule has 0 heterocycles. The molecule has 0 unspecified atom stereocenters. The maximum absolute atomic E-state index is 11.8. The molecule has 2 saturated carbocycles. The second-order valence-electron chi connectivity index (χ2n) is 6.03. The van der Waals surface area contributed by atoms with Crippen LogP contribution in [0, 0.1) is 0 Å². The van der Waals surface area contributed by atoms with E-state index in [1.54, 1.807) is 0 Å². The molecule has 0 radical (unpaired) electrons. The number of amides is 3. The topological polar surface area (TPSA) is 70.2 Å². The molecule has 0 saturated heterocycles. The van der Waals surface area contributed by atoms with Gasteiger partial charge < -0.3 is 16.0 Å². The fourth-order valence-corrected chi connectivity index (χ4v) is 3.14. The third kappa shape index (κ3) is 5.39. The van der Waals surface area contributed by atoms with Crippen LogP contribution in [-0.4, -0.2) is 30.6 Å². The lowest BCUT2D eigenvalue weighted by atomic mass is 9.95. The van der Waals surface area contributed by atoms with Crippen LogP contribution in [-0.2, 0) is 4.79 Å². The van der Waals surface area contributed by atoms with Crippen LogP contribution in [0.4, 0.5) is 4.79 Å². The van der Waals surface area contributed by atoms with E-state index in [2.05, 4.69) is 16.0 Å². The van der Waals surface area contributed by atoms with Crippen molar-refractivity contribution in [3.8, 4) is 0 Å². The van der Waals surface area contributed by atoms with Crippen molar-refractivity contribution in [1.29, 1.82) is 0 Å². The van der Waals surface area contributed by atoms with Gasteiger partial charge in [-0.3, -0.25) is 4.79 Å². The van der Waals surface area contributed by atoms with Gasteiger partial charge in [0.15, 0.2) is 0 Å². The highest BCUT2D eigenvalue weighted by Gasteiger charge is 2.17. The number of nitrogens with one attached hydrogen (secondary N) is 3. The van der Waals surface area contributed by atoms with Crippen LogP contribution in [0.5, 0.6) is 0 Å². The zero-order chi connectivity index (χ0) is 14.2. The highest BCUT2D eigenvalue weighted by Crippen LogP contribution is 2.18. The number of rotatable bonds is 5. The Labute approximate surface area is 121 Å². The molecule has 0 aromatic heterocycles. The molecule has 3 N–H and O–H groups in total. The molecule has 0 atom stereocenters. The minimum Gasteiger partial charge on any atom is -0.353 e. The van der Waals surface area contributed by atoms with Crippen molar-refractivity contribution in [3.05, 3.63) is 0 Å². The molecule has 0 aromatic carbocycles. The Kier molecular flexibility index (Phi) is 6.15. The SMILES string of the molecule is O=C(CCNC(=O)NC1CCCC1)NC1CCCCC1. The van der Waals surface area contributed by atoms with Crippen molar-refractivity contribution < 1.29 is 9.59 Å². The Morgan fingerprint density at radius 1 is 0.800 bits per heavy atom. The molecule has 20 heavy (non-hydrogen) atoms. The minimum absolute atomic E-state index is 0.0538. The Balaban J connectivity index is 1.52. The second kappa shape index (κ2) is 8.12. The second-order valence-corrected chi connectivity index (χ2v) is 6.03. The lowest BCUT2D eigenvalue weighted by Crippen LogP contribution is -2.43. The molecule has 5 heteroatoms. The summed E-state index contributed by atoms with van der Waals surface area (Å²) in [6.07, 6.45) is 10.8. The van der Waals surface area contributed by atoms with Gasteiger partial charge in [0, 0.05) is 25.0 Å². The van der Waals surface area contributed by atoms with Crippen LogP contribution in [0.3, 0.4) is 0 Å². The van der Waals surface area contributed by atoms with Gasteiger partial charge in [0.1, 0.15) is 0 Å². The van der Waals surface area contributed by atoms with E-state index < -0.39 is 0 Å². The Bertz CT molecular complexity index is 321. The average Bonchev–Trinajstić information content (AvgIpc) is 2.92. The highest BCUT2D eigenvalue weighted by molar-refractivity contribution is 5.78. The van der Waals surface area contributed by atoms with Crippen molar-refractivity contribution in [2.24, 2.45) is 0 Å². The summed E-state index contributed by atoms with van der Waals surface area (Å²) in [5.74, 6) is 0.0538. The smallest absolute Gasteiger partial charge is 0.315 e. The van der Waals surface area contributed by atoms with E-state index in [4.69, 9.17) is 0 Å². The molecule has 0 bridgehead atoms. The van der Waals surface area contributed by atoms with E-state index in [1.165, 1.54) is 32.1 Å². The average molecular weight is 281 g/mol. The Morgan fingerprint density at radius 2 is 1.35 bits per heavy atom. The van der Waals surface area contributed by atoms with E-state index >= 15 is 0 Å². The summed E-state index contributed by atoms with van der Waals surface area (Å²) in [6.45, 7) is 0.414. The van der Waals surface area contributed by atoms with Crippen LogP contribution in [0.2, 0.25) is 0 Å². The first-order valence-electron chi connectivity index (χ1n) is 8.08. The van der Waals surface area contributed by atoms with Crippen LogP contribution >= 0.6 is 0 Å². The first-order chi connectivity index (χ1) is 9.74. The summed E-state index contributed by atoms with van der Waals surface area (Å²) in [5.41, 5.74) is 0. The Hall–Kier alpha value is -1.26. The highest BCUT2D eigenvalue weighted by atomic mass is 16.2. The number of hydrogen-bond donors (Lipinski definition) is 3. The van der Waals surface area contributed by atoms with Crippen LogP contribution in [0.15, 0.2) is 0 Å². The van der Waals surface area contributed by atoms with Crippen LogP contribution in [0.25, 0.3) is 0 Å². The number of carbonyl (C=O) groups is 2. The molecule has 2 fully saturated rings. The molecule has 2 aliphatic carbocycles. The maximum atomic E-state index is 11.8. The zero-order valence-electron chi connectivity index (χ0n) is 12.2. The van der Waals surface area contributed by atoms with Crippen molar-refractivity contribution in [2.75, 3.05) is 6.54 Å². The molecular formula is C15H27N3O2. The third-order valence-corrected chi connectivity index (χ3v) is 4.30. The quantitative estimate of drug-likeness (QED) is 0.722. The molecule has 0 aliphatic heterocycles. The van der Waals surface area contributed by atoms with E-state index in [-0.39, 0.29) is 11.9 Å². The van der Waals surface area contributed by atoms with Gasteiger partial charge in [0.05, 0.1) is 0 Å². The lowest BCUT2D eigenvalue weighted by Gasteiger charge is -2.22. The van der Waals surface area contributed by atoms with E-state index in [0.29, 0.717) is 25.0 Å². The van der Waals surface area contributed by atoms with Gasteiger partial charge in [-0.15, -0.1) is 0 Å². The van der Waals surface area contributed by atoms with Crippen molar-refractivity contribution in [3.63, 3.8) is 0 Å². The minimum atomic E-state index is -0.137. The lowest BCUT2D eigenvalue weighted by molar-refractivity contribution is -0.121.